The molecule has 3 heterocycles. The Labute approximate surface area is 111 Å². The van der Waals surface area contributed by atoms with Crippen LogP contribution in [-0.2, 0) is 19.1 Å². The lowest BCUT2D eigenvalue weighted by atomic mass is 10.0. The van der Waals surface area contributed by atoms with Gasteiger partial charge in [0.2, 0.25) is 0 Å². The summed E-state index contributed by atoms with van der Waals surface area (Å²) >= 11 is 1.33. The zero-order valence-electron chi connectivity index (χ0n) is 9.79. The van der Waals surface area contributed by atoms with Gasteiger partial charge in [-0.15, -0.1) is 11.3 Å². The van der Waals surface area contributed by atoms with Gasteiger partial charge in [-0.05, 0) is 24.4 Å². The van der Waals surface area contributed by atoms with Gasteiger partial charge in [0, 0.05) is 12.1 Å². The molecule has 0 unspecified atom stereocenters. The van der Waals surface area contributed by atoms with Gasteiger partial charge in [0.25, 0.3) is 0 Å². The molecule has 0 atom stereocenters. The average Bonchev–Trinajstić information content (AvgIpc) is 2.90. The molecule has 1 aliphatic heterocycles. The summed E-state index contributed by atoms with van der Waals surface area (Å²) in [4.78, 5) is 8.66. The Morgan fingerprint density at radius 1 is 1.26 bits per heavy atom. The van der Waals surface area contributed by atoms with Crippen molar-refractivity contribution in [1.29, 1.82) is 0 Å². The molecule has 0 spiro atoms. The molecule has 3 rings (SSSR count). The summed E-state index contributed by atoms with van der Waals surface area (Å²) in [5.74, 6) is 0.157. The third kappa shape index (κ3) is 2.35. The lowest BCUT2D eigenvalue weighted by molar-refractivity contribution is -0.142. The number of hydrogen-bond acceptors (Lipinski definition) is 4. The Hall–Kier alpha value is -1.47. The number of alkyl halides is 3. The molecule has 0 amide bonds. The van der Waals surface area contributed by atoms with Crippen molar-refractivity contribution in [2.75, 3.05) is 6.54 Å². The van der Waals surface area contributed by atoms with Gasteiger partial charge in [-0.3, -0.25) is 0 Å². The third-order valence-corrected chi connectivity index (χ3v) is 3.81. The van der Waals surface area contributed by atoms with E-state index in [0.717, 1.165) is 0 Å². The van der Waals surface area contributed by atoms with Crippen molar-refractivity contribution >= 4 is 11.3 Å². The SMILES string of the molecule is FC(F)(F)c1nc(-c2cccs2)nc2c1CCNC2. The van der Waals surface area contributed by atoms with Crippen LogP contribution >= 0.6 is 11.3 Å². The van der Waals surface area contributed by atoms with E-state index in [0.29, 0.717) is 30.1 Å². The number of nitrogens with zero attached hydrogens (tertiary/aromatic N) is 2. The third-order valence-electron chi connectivity index (χ3n) is 2.95. The van der Waals surface area contributed by atoms with Crippen LogP contribution in [0, 0.1) is 0 Å². The Bertz CT molecular complexity index is 593. The monoisotopic (exact) mass is 285 g/mol. The summed E-state index contributed by atoms with van der Waals surface area (Å²) in [5, 5.41) is 4.83. The minimum Gasteiger partial charge on any atom is -0.311 e. The van der Waals surface area contributed by atoms with E-state index in [9.17, 15) is 13.2 Å². The Morgan fingerprint density at radius 2 is 2.11 bits per heavy atom. The van der Waals surface area contributed by atoms with Crippen LogP contribution in [0.4, 0.5) is 13.2 Å². The Kier molecular flexibility index (Phi) is 3.02. The van der Waals surface area contributed by atoms with Crippen LogP contribution in [0.3, 0.4) is 0 Å². The van der Waals surface area contributed by atoms with E-state index in [2.05, 4.69) is 15.3 Å². The van der Waals surface area contributed by atoms with Crippen LogP contribution in [0.5, 0.6) is 0 Å². The van der Waals surface area contributed by atoms with Crippen molar-refractivity contribution in [3.05, 3.63) is 34.5 Å². The molecule has 0 aromatic carbocycles. The van der Waals surface area contributed by atoms with Gasteiger partial charge in [-0.2, -0.15) is 13.2 Å². The molecule has 3 nitrogen and oxygen atoms in total. The topological polar surface area (TPSA) is 37.8 Å². The van der Waals surface area contributed by atoms with E-state index in [1.54, 1.807) is 17.5 Å². The highest BCUT2D eigenvalue weighted by atomic mass is 32.1. The van der Waals surface area contributed by atoms with Crippen LogP contribution in [0.1, 0.15) is 17.0 Å². The van der Waals surface area contributed by atoms with E-state index in [1.807, 2.05) is 0 Å². The largest absolute Gasteiger partial charge is 0.433 e. The second-order valence-electron chi connectivity index (χ2n) is 4.22. The molecule has 0 fully saturated rings. The minimum absolute atomic E-state index is 0.157. The fourth-order valence-electron chi connectivity index (χ4n) is 2.11. The van der Waals surface area contributed by atoms with Gasteiger partial charge in [-0.25, -0.2) is 9.97 Å². The van der Waals surface area contributed by atoms with Crippen molar-refractivity contribution in [3.8, 4) is 10.7 Å². The number of halogens is 3. The number of hydrogen-bond donors (Lipinski definition) is 1. The molecule has 0 radical (unpaired) electrons. The smallest absolute Gasteiger partial charge is 0.311 e. The molecule has 0 saturated carbocycles. The highest BCUT2D eigenvalue weighted by Gasteiger charge is 2.38. The predicted molar refractivity (Wildman–Crippen MR) is 65.8 cm³/mol. The molecular weight excluding hydrogens is 275 g/mol. The Morgan fingerprint density at radius 3 is 2.79 bits per heavy atom. The predicted octanol–water partition coefficient (Wildman–Crippen LogP) is 2.87. The number of nitrogens with one attached hydrogen (secondary N) is 1. The second kappa shape index (κ2) is 4.57. The average molecular weight is 285 g/mol. The fourth-order valence-corrected chi connectivity index (χ4v) is 2.77. The summed E-state index contributed by atoms with van der Waals surface area (Å²) in [5.41, 5.74) is -0.106. The van der Waals surface area contributed by atoms with Crippen LogP contribution in [-0.4, -0.2) is 16.5 Å². The lowest BCUT2D eigenvalue weighted by Gasteiger charge is -2.20. The zero-order chi connectivity index (χ0) is 13.5. The first-order valence-corrected chi connectivity index (χ1v) is 6.65. The van der Waals surface area contributed by atoms with Crippen LogP contribution in [0.15, 0.2) is 17.5 Å². The lowest BCUT2D eigenvalue weighted by Crippen LogP contribution is -2.28. The van der Waals surface area contributed by atoms with Crippen LogP contribution in [0.25, 0.3) is 10.7 Å². The first-order chi connectivity index (χ1) is 9.05. The van der Waals surface area contributed by atoms with E-state index in [4.69, 9.17) is 0 Å². The number of rotatable bonds is 1. The molecule has 100 valence electrons. The molecule has 1 aliphatic rings. The van der Waals surface area contributed by atoms with Gasteiger partial charge in [0.05, 0.1) is 10.6 Å². The van der Waals surface area contributed by atoms with E-state index >= 15 is 0 Å². The molecule has 2 aromatic heterocycles. The maximum absolute atomic E-state index is 13.1. The van der Waals surface area contributed by atoms with Crippen molar-refractivity contribution in [3.63, 3.8) is 0 Å². The zero-order valence-corrected chi connectivity index (χ0v) is 10.6. The fraction of sp³-hybridized carbons (Fsp3) is 0.333. The normalized spacial score (nSPS) is 15.3. The summed E-state index contributed by atoms with van der Waals surface area (Å²) in [6.45, 7) is 0.886. The molecular formula is C12H10F3N3S. The summed E-state index contributed by atoms with van der Waals surface area (Å²) in [6.07, 6.45) is -4.12. The molecule has 2 aromatic rings. The number of fused-ring (bicyclic) bond motifs is 1. The second-order valence-corrected chi connectivity index (χ2v) is 5.17. The van der Waals surface area contributed by atoms with Crippen molar-refractivity contribution in [2.45, 2.75) is 19.1 Å². The van der Waals surface area contributed by atoms with Gasteiger partial charge >= 0.3 is 6.18 Å². The maximum Gasteiger partial charge on any atom is 0.433 e. The highest BCUT2D eigenvalue weighted by molar-refractivity contribution is 7.13. The first-order valence-electron chi connectivity index (χ1n) is 5.77. The van der Waals surface area contributed by atoms with Crippen molar-refractivity contribution in [1.82, 2.24) is 15.3 Å². The van der Waals surface area contributed by atoms with E-state index in [1.165, 1.54) is 11.3 Å². The van der Waals surface area contributed by atoms with E-state index < -0.39 is 11.9 Å². The number of thiophene rings is 1. The van der Waals surface area contributed by atoms with Gasteiger partial charge < -0.3 is 5.32 Å². The minimum atomic E-state index is -4.43. The quantitative estimate of drug-likeness (QED) is 0.875. The maximum atomic E-state index is 13.1. The summed E-state index contributed by atoms with van der Waals surface area (Å²) in [6, 6.07) is 3.50. The van der Waals surface area contributed by atoms with Gasteiger partial charge in [0.15, 0.2) is 11.5 Å². The standard InChI is InChI=1S/C12H10F3N3S/c13-12(14,15)10-7-3-4-16-6-8(7)17-11(18-10)9-2-1-5-19-9/h1-2,5,16H,3-4,6H2. The summed E-state index contributed by atoms with van der Waals surface area (Å²) in [7, 11) is 0. The van der Waals surface area contributed by atoms with Crippen molar-refractivity contribution < 1.29 is 13.2 Å². The number of aromatic nitrogens is 2. The van der Waals surface area contributed by atoms with Gasteiger partial charge in [0.1, 0.15) is 0 Å². The molecule has 1 N–H and O–H groups in total. The van der Waals surface area contributed by atoms with Crippen molar-refractivity contribution in [2.24, 2.45) is 0 Å². The molecule has 19 heavy (non-hydrogen) atoms. The highest BCUT2D eigenvalue weighted by Crippen LogP contribution is 2.34. The molecule has 0 aliphatic carbocycles. The first kappa shape index (κ1) is 12.6. The molecule has 0 saturated heterocycles. The summed E-state index contributed by atoms with van der Waals surface area (Å²) < 4.78 is 39.3. The Balaban J connectivity index is 2.19. The van der Waals surface area contributed by atoms with Gasteiger partial charge in [-0.1, -0.05) is 6.07 Å². The van der Waals surface area contributed by atoms with Crippen LogP contribution < -0.4 is 5.32 Å². The molecule has 0 bridgehead atoms. The van der Waals surface area contributed by atoms with Crippen LogP contribution in [0.2, 0.25) is 0 Å². The van der Waals surface area contributed by atoms with E-state index in [-0.39, 0.29) is 11.4 Å². The molecule has 7 heteroatoms.